The predicted molar refractivity (Wildman–Crippen MR) is 47.5 cm³/mol. The Morgan fingerprint density at radius 2 is 2.00 bits per heavy atom. The van der Waals surface area contributed by atoms with Crippen molar-refractivity contribution in [2.45, 2.75) is 12.5 Å². The molecule has 0 aromatic heterocycles. The Labute approximate surface area is 81.5 Å². The minimum Gasteiger partial charge on any atom is -0.480 e. The Morgan fingerprint density at radius 1 is 1.43 bits per heavy atom. The third kappa shape index (κ3) is 9.39. The lowest BCUT2D eigenvalue weighted by atomic mass is 10.3. The average Bonchev–Trinajstić information content (AvgIpc) is 1.94. The fourth-order valence-electron chi connectivity index (χ4n) is 0.790. The van der Waals surface area contributed by atoms with E-state index in [1.165, 1.54) is 0 Å². The first-order chi connectivity index (χ1) is 6.31. The maximum Gasteiger partial charge on any atom is 0.317 e. The Bertz CT molecular complexity index is 274. The van der Waals surface area contributed by atoms with Crippen LogP contribution in [-0.2, 0) is 14.9 Å². The van der Waals surface area contributed by atoms with Gasteiger partial charge >= 0.3 is 5.97 Å². The molecule has 0 rings (SSSR count). The summed E-state index contributed by atoms with van der Waals surface area (Å²) in [5, 5.41) is 19.7. The first-order valence-electron chi connectivity index (χ1n) is 3.87. The van der Waals surface area contributed by atoms with Gasteiger partial charge in [0.2, 0.25) is 0 Å². The van der Waals surface area contributed by atoms with Crippen LogP contribution < -0.4 is 5.32 Å². The third-order valence-corrected chi connectivity index (χ3v) is 2.14. The molecule has 0 bridgehead atoms. The van der Waals surface area contributed by atoms with Crippen LogP contribution in [-0.4, -0.2) is 54.1 Å². The summed E-state index contributed by atoms with van der Waals surface area (Å²) in [4.78, 5) is 10.0. The van der Waals surface area contributed by atoms with E-state index in [-0.39, 0.29) is 19.5 Å². The predicted octanol–water partition coefficient (Wildman–Crippen LogP) is -1.70. The molecule has 0 aliphatic heterocycles. The van der Waals surface area contributed by atoms with Gasteiger partial charge in [-0.15, -0.1) is 0 Å². The molecule has 0 spiro atoms. The lowest BCUT2D eigenvalue weighted by Crippen LogP contribution is -2.28. The van der Waals surface area contributed by atoms with Crippen molar-refractivity contribution >= 4 is 16.1 Å². The van der Waals surface area contributed by atoms with Gasteiger partial charge in [-0.25, -0.2) is 0 Å². The van der Waals surface area contributed by atoms with Gasteiger partial charge in [-0.05, 0) is 13.0 Å². The van der Waals surface area contributed by atoms with E-state index in [0.717, 1.165) is 0 Å². The van der Waals surface area contributed by atoms with Crippen molar-refractivity contribution in [3.05, 3.63) is 0 Å². The van der Waals surface area contributed by atoms with Gasteiger partial charge in [0, 0.05) is 0 Å². The first kappa shape index (κ1) is 13.3. The van der Waals surface area contributed by atoms with Crippen molar-refractivity contribution < 1.29 is 28.0 Å². The van der Waals surface area contributed by atoms with Gasteiger partial charge in [-0.2, -0.15) is 8.42 Å². The van der Waals surface area contributed by atoms with Crippen LogP contribution in [0.25, 0.3) is 0 Å². The molecular formula is C6H13NO6S. The summed E-state index contributed by atoms with van der Waals surface area (Å²) in [7, 11) is -4.17. The van der Waals surface area contributed by atoms with E-state index in [0.29, 0.717) is 0 Å². The number of aliphatic hydroxyl groups is 1. The number of hydrogen-bond donors (Lipinski definition) is 4. The molecule has 0 saturated carbocycles. The summed E-state index contributed by atoms with van der Waals surface area (Å²) >= 11 is 0. The van der Waals surface area contributed by atoms with Crippen LogP contribution in [0.15, 0.2) is 0 Å². The second kappa shape index (κ2) is 5.91. The molecule has 0 aromatic carbocycles. The molecule has 0 aromatic rings. The SMILES string of the molecule is O=C(O)CNCCC(O)CS(=O)(=O)O. The van der Waals surface area contributed by atoms with E-state index >= 15 is 0 Å². The third-order valence-electron chi connectivity index (χ3n) is 1.33. The van der Waals surface area contributed by atoms with Crippen LogP contribution in [0.1, 0.15) is 6.42 Å². The minimum absolute atomic E-state index is 0.0626. The first-order valence-corrected chi connectivity index (χ1v) is 5.48. The Balaban J connectivity index is 3.55. The number of carbonyl (C=O) groups is 1. The summed E-state index contributed by atoms with van der Waals surface area (Å²) in [5.41, 5.74) is 0. The number of rotatable bonds is 7. The second-order valence-corrected chi connectivity index (χ2v) is 4.26. The summed E-state index contributed by atoms with van der Waals surface area (Å²) in [6, 6.07) is 0. The molecule has 0 heterocycles. The Morgan fingerprint density at radius 3 is 2.43 bits per heavy atom. The van der Waals surface area contributed by atoms with E-state index in [2.05, 4.69) is 5.32 Å². The van der Waals surface area contributed by atoms with Crippen LogP contribution in [0.2, 0.25) is 0 Å². The van der Waals surface area contributed by atoms with Gasteiger partial charge in [0.15, 0.2) is 0 Å². The van der Waals surface area contributed by atoms with Gasteiger partial charge in [-0.3, -0.25) is 9.35 Å². The van der Waals surface area contributed by atoms with Crippen molar-refractivity contribution in [1.29, 1.82) is 0 Å². The molecule has 0 fully saturated rings. The average molecular weight is 227 g/mol. The van der Waals surface area contributed by atoms with Gasteiger partial charge in [0.05, 0.1) is 12.6 Å². The van der Waals surface area contributed by atoms with Gasteiger partial charge in [-0.1, -0.05) is 0 Å². The number of aliphatic carboxylic acids is 1. The minimum atomic E-state index is -4.17. The van der Waals surface area contributed by atoms with Gasteiger partial charge in [0.25, 0.3) is 10.1 Å². The zero-order valence-electron chi connectivity index (χ0n) is 7.38. The molecule has 8 heteroatoms. The maximum atomic E-state index is 10.3. The van der Waals surface area contributed by atoms with Crippen molar-refractivity contribution in [3.63, 3.8) is 0 Å². The molecule has 0 aliphatic rings. The molecular weight excluding hydrogens is 214 g/mol. The van der Waals surface area contributed by atoms with Crippen LogP contribution in [0.5, 0.6) is 0 Å². The highest BCUT2D eigenvalue weighted by molar-refractivity contribution is 7.85. The molecule has 0 amide bonds. The van der Waals surface area contributed by atoms with Crippen molar-refractivity contribution in [3.8, 4) is 0 Å². The van der Waals surface area contributed by atoms with Crippen LogP contribution >= 0.6 is 0 Å². The highest BCUT2D eigenvalue weighted by atomic mass is 32.2. The smallest absolute Gasteiger partial charge is 0.317 e. The second-order valence-electron chi connectivity index (χ2n) is 2.76. The van der Waals surface area contributed by atoms with Crippen molar-refractivity contribution in [1.82, 2.24) is 5.32 Å². The van der Waals surface area contributed by atoms with E-state index in [1.807, 2.05) is 0 Å². The topological polar surface area (TPSA) is 124 Å². The maximum absolute atomic E-state index is 10.3. The zero-order chi connectivity index (χ0) is 11.2. The highest BCUT2D eigenvalue weighted by Gasteiger charge is 2.13. The quantitative estimate of drug-likeness (QED) is 0.302. The fraction of sp³-hybridized carbons (Fsp3) is 0.833. The summed E-state index contributed by atoms with van der Waals surface area (Å²) < 4.78 is 28.9. The Hall–Kier alpha value is -0.700. The molecule has 84 valence electrons. The van der Waals surface area contributed by atoms with Crippen LogP contribution in [0.3, 0.4) is 0 Å². The van der Waals surface area contributed by atoms with Crippen LogP contribution in [0.4, 0.5) is 0 Å². The number of hydrogen-bond acceptors (Lipinski definition) is 5. The zero-order valence-corrected chi connectivity index (χ0v) is 8.20. The molecule has 1 atom stereocenters. The van der Waals surface area contributed by atoms with Crippen molar-refractivity contribution in [2.24, 2.45) is 0 Å². The molecule has 14 heavy (non-hydrogen) atoms. The standard InChI is InChI=1S/C6H13NO6S/c8-5(4-14(11,12)13)1-2-7-3-6(9)10/h5,7-8H,1-4H2,(H,9,10)(H,11,12,13). The Kier molecular flexibility index (Phi) is 5.62. The highest BCUT2D eigenvalue weighted by Crippen LogP contribution is 1.94. The number of aliphatic hydroxyl groups excluding tert-OH is 1. The van der Waals surface area contributed by atoms with E-state index in [4.69, 9.17) is 14.8 Å². The summed E-state index contributed by atoms with van der Waals surface area (Å²) in [5.74, 6) is -1.77. The van der Waals surface area contributed by atoms with Gasteiger partial charge < -0.3 is 15.5 Å². The molecule has 0 saturated heterocycles. The van der Waals surface area contributed by atoms with Gasteiger partial charge in [0.1, 0.15) is 5.75 Å². The lowest BCUT2D eigenvalue weighted by molar-refractivity contribution is -0.135. The monoisotopic (exact) mass is 227 g/mol. The van der Waals surface area contributed by atoms with E-state index < -0.39 is 27.9 Å². The molecule has 1 unspecified atom stereocenters. The molecule has 0 aliphatic carbocycles. The molecule has 0 radical (unpaired) electrons. The number of carboxylic acid groups (broad SMARTS) is 1. The summed E-state index contributed by atoms with van der Waals surface area (Å²) in [6.45, 7) is -0.0818. The number of carboxylic acids is 1. The molecule has 7 nitrogen and oxygen atoms in total. The normalized spacial score (nSPS) is 13.9. The lowest BCUT2D eigenvalue weighted by Gasteiger charge is -2.07. The van der Waals surface area contributed by atoms with Crippen LogP contribution in [0, 0.1) is 0 Å². The largest absolute Gasteiger partial charge is 0.480 e. The molecule has 4 N–H and O–H groups in total. The van der Waals surface area contributed by atoms with E-state index in [1.54, 1.807) is 0 Å². The fourth-order valence-corrected chi connectivity index (χ4v) is 1.44. The summed E-state index contributed by atoms with van der Waals surface area (Å²) in [6.07, 6.45) is -1.13. The van der Waals surface area contributed by atoms with Crippen molar-refractivity contribution in [2.75, 3.05) is 18.8 Å². The van der Waals surface area contributed by atoms with E-state index in [9.17, 15) is 13.2 Å². The number of nitrogens with one attached hydrogen (secondary N) is 1.